The summed E-state index contributed by atoms with van der Waals surface area (Å²) in [5.41, 5.74) is 1.68. The zero-order valence-electron chi connectivity index (χ0n) is 12.1. The number of phenolic OH excluding ortho intramolecular Hbond substituents is 1. The Balaban J connectivity index is 2.25. The first-order valence-corrected chi connectivity index (χ1v) is 7.14. The first-order chi connectivity index (χ1) is 10.2. The number of ketones is 1. The number of rotatable bonds is 4. The van der Waals surface area contributed by atoms with Crippen molar-refractivity contribution in [1.29, 1.82) is 0 Å². The Morgan fingerprint density at radius 1 is 1.10 bits per heavy atom. The SMILES string of the molecule is CCCCC#Cc1cc(C(=O)c2ccccc2)ccc1O. The van der Waals surface area contributed by atoms with E-state index in [1.54, 1.807) is 24.3 Å². The fourth-order valence-electron chi connectivity index (χ4n) is 1.96. The predicted octanol–water partition coefficient (Wildman–Crippen LogP) is 4.16. The van der Waals surface area contributed by atoms with Crippen molar-refractivity contribution in [2.75, 3.05) is 0 Å². The Hall–Kier alpha value is -2.53. The van der Waals surface area contributed by atoms with Gasteiger partial charge in [0.15, 0.2) is 5.78 Å². The summed E-state index contributed by atoms with van der Waals surface area (Å²) >= 11 is 0. The maximum absolute atomic E-state index is 12.4. The summed E-state index contributed by atoms with van der Waals surface area (Å²) < 4.78 is 0. The smallest absolute Gasteiger partial charge is 0.193 e. The molecule has 0 unspecified atom stereocenters. The Morgan fingerprint density at radius 2 is 1.86 bits per heavy atom. The van der Waals surface area contributed by atoms with Crippen LogP contribution in [0.3, 0.4) is 0 Å². The van der Waals surface area contributed by atoms with Crippen LogP contribution in [0.4, 0.5) is 0 Å². The molecule has 0 heterocycles. The Labute approximate surface area is 125 Å². The third-order valence-corrected chi connectivity index (χ3v) is 3.17. The lowest BCUT2D eigenvalue weighted by atomic mass is 10.0. The molecule has 0 spiro atoms. The molecule has 2 aromatic rings. The summed E-state index contributed by atoms with van der Waals surface area (Å²) in [6.45, 7) is 2.11. The lowest BCUT2D eigenvalue weighted by Gasteiger charge is -2.03. The molecule has 0 aliphatic carbocycles. The second kappa shape index (κ2) is 7.31. The van der Waals surface area contributed by atoms with Crippen molar-refractivity contribution in [3.63, 3.8) is 0 Å². The maximum atomic E-state index is 12.4. The molecule has 2 heteroatoms. The number of carbonyl (C=O) groups is 1. The summed E-state index contributed by atoms with van der Waals surface area (Å²) in [5, 5.41) is 9.83. The van der Waals surface area contributed by atoms with E-state index in [0.29, 0.717) is 16.7 Å². The highest BCUT2D eigenvalue weighted by molar-refractivity contribution is 6.09. The molecule has 0 amide bonds. The fourth-order valence-corrected chi connectivity index (χ4v) is 1.96. The highest BCUT2D eigenvalue weighted by Crippen LogP contribution is 2.19. The number of hydrogen-bond acceptors (Lipinski definition) is 2. The molecular weight excluding hydrogens is 260 g/mol. The van der Waals surface area contributed by atoms with Gasteiger partial charge in [-0.05, 0) is 24.6 Å². The summed E-state index contributed by atoms with van der Waals surface area (Å²) in [6.07, 6.45) is 2.93. The zero-order valence-corrected chi connectivity index (χ0v) is 12.1. The van der Waals surface area contributed by atoms with Crippen LogP contribution in [0.25, 0.3) is 0 Å². The molecule has 0 bridgehead atoms. The summed E-state index contributed by atoms with van der Waals surface area (Å²) in [7, 11) is 0. The minimum atomic E-state index is -0.0628. The van der Waals surface area contributed by atoms with Crippen LogP contribution in [0.15, 0.2) is 48.5 Å². The number of unbranched alkanes of at least 4 members (excludes halogenated alkanes) is 2. The number of aromatic hydroxyl groups is 1. The average molecular weight is 278 g/mol. The second-order valence-electron chi connectivity index (χ2n) is 4.83. The van der Waals surface area contributed by atoms with Crippen LogP contribution in [0, 0.1) is 11.8 Å². The highest BCUT2D eigenvalue weighted by Gasteiger charge is 2.10. The first-order valence-electron chi connectivity index (χ1n) is 7.14. The molecule has 2 aromatic carbocycles. The number of benzene rings is 2. The summed E-state index contributed by atoms with van der Waals surface area (Å²) in [5.74, 6) is 6.02. The van der Waals surface area contributed by atoms with E-state index in [1.165, 1.54) is 6.07 Å². The normalized spacial score (nSPS) is 9.76. The van der Waals surface area contributed by atoms with Crippen molar-refractivity contribution >= 4 is 5.78 Å². The van der Waals surface area contributed by atoms with E-state index in [0.717, 1.165) is 19.3 Å². The Kier molecular flexibility index (Phi) is 5.17. The fraction of sp³-hybridized carbons (Fsp3) is 0.211. The van der Waals surface area contributed by atoms with Gasteiger partial charge in [0, 0.05) is 17.5 Å². The van der Waals surface area contributed by atoms with Crippen LogP contribution in [-0.2, 0) is 0 Å². The van der Waals surface area contributed by atoms with Crippen molar-refractivity contribution in [2.45, 2.75) is 26.2 Å². The van der Waals surface area contributed by atoms with Crippen LogP contribution in [-0.4, -0.2) is 10.9 Å². The van der Waals surface area contributed by atoms with E-state index in [9.17, 15) is 9.90 Å². The molecule has 1 N–H and O–H groups in total. The molecule has 0 radical (unpaired) electrons. The van der Waals surface area contributed by atoms with Crippen LogP contribution in [0.2, 0.25) is 0 Å². The molecule has 2 nitrogen and oxygen atoms in total. The molecule has 0 fully saturated rings. The topological polar surface area (TPSA) is 37.3 Å². The van der Waals surface area contributed by atoms with E-state index in [-0.39, 0.29) is 11.5 Å². The lowest BCUT2D eigenvalue weighted by molar-refractivity contribution is 0.103. The van der Waals surface area contributed by atoms with Crippen molar-refractivity contribution in [3.8, 4) is 17.6 Å². The molecule has 0 saturated carbocycles. The third-order valence-electron chi connectivity index (χ3n) is 3.17. The van der Waals surface area contributed by atoms with Gasteiger partial charge in [0.1, 0.15) is 5.75 Å². The molecular formula is C19H18O2. The van der Waals surface area contributed by atoms with E-state index in [2.05, 4.69) is 18.8 Å². The molecule has 0 saturated heterocycles. The molecule has 2 rings (SSSR count). The molecule has 0 aliphatic heterocycles. The standard InChI is InChI=1S/C19H18O2/c1-2-3-4-6-11-16-14-17(12-13-18(16)20)19(21)15-9-7-5-8-10-15/h5,7-10,12-14,20H,2-4H2,1H3. The zero-order chi connectivity index (χ0) is 15.1. The highest BCUT2D eigenvalue weighted by atomic mass is 16.3. The number of carbonyl (C=O) groups excluding carboxylic acids is 1. The maximum Gasteiger partial charge on any atom is 0.193 e. The van der Waals surface area contributed by atoms with Gasteiger partial charge in [-0.2, -0.15) is 0 Å². The van der Waals surface area contributed by atoms with Gasteiger partial charge < -0.3 is 5.11 Å². The third kappa shape index (κ3) is 3.97. The van der Waals surface area contributed by atoms with Gasteiger partial charge in [0.05, 0.1) is 5.56 Å². The average Bonchev–Trinajstić information content (AvgIpc) is 2.53. The molecule has 0 aromatic heterocycles. The van der Waals surface area contributed by atoms with Crippen molar-refractivity contribution < 1.29 is 9.90 Å². The number of hydrogen-bond donors (Lipinski definition) is 1. The monoisotopic (exact) mass is 278 g/mol. The number of phenols is 1. The lowest BCUT2D eigenvalue weighted by Crippen LogP contribution is -2.01. The van der Waals surface area contributed by atoms with Gasteiger partial charge in [-0.25, -0.2) is 0 Å². The van der Waals surface area contributed by atoms with Gasteiger partial charge in [0.25, 0.3) is 0 Å². The summed E-state index contributed by atoms with van der Waals surface area (Å²) in [6, 6.07) is 13.9. The van der Waals surface area contributed by atoms with E-state index in [4.69, 9.17) is 0 Å². The van der Waals surface area contributed by atoms with Gasteiger partial charge in [-0.1, -0.05) is 55.5 Å². The predicted molar refractivity (Wildman–Crippen MR) is 84.4 cm³/mol. The van der Waals surface area contributed by atoms with Crippen LogP contribution < -0.4 is 0 Å². The van der Waals surface area contributed by atoms with Gasteiger partial charge in [0.2, 0.25) is 0 Å². The van der Waals surface area contributed by atoms with E-state index >= 15 is 0 Å². The van der Waals surface area contributed by atoms with Crippen molar-refractivity contribution in [1.82, 2.24) is 0 Å². The molecule has 0 aliphatic rings. The molecule has 106 valence electrons. The van der Waals surface area contributed by atoms with Crippen molar-refractivity contribution in [2.24, 2.45) is 0 Å². The van der Waals surface area contributed by atoms with Crippen LogP contribution in [0.1, 0.15) is 47.7 Å². The van der Waals surface area contributed by atoms with E-state index in [1.807, 2.05) is 18.2 Å². The van der Waals surface area contributed by atoms with Crippen LogP contribution >= 0.6 is 0 Å². The second-order valence-corrected chi connectivity index (χ2v) is 4.83. The minimum Gasteiger partial charge on any atom is -0.507 e. The van der Waals surface area contributed by atoms with E-state index < -0.39 is 0 Å². The summed E-state index contributed by atoms with van der Waals surface area (Å²) in [4.78, 5) is 12.4. The van der Waals surface area contributed by atoms with Gasteiger partial charge in [-0.15, -0.1) is 0 Å². The largest absolute Gasteiger partial charge is 0.507 e. The Morgan fingerprint density at radius 3 is 2.57 bits per heavy atom. The van der Waals surface area contributed by atoms with Gasteiger partial charge in [-0.3, -0.25) is 4.79 Å². The minimum absolute atomic E-state index is 0.0628. The Bertz CT molecular complexity index is 676. The molecule has 0 atom stereocenters. The first kappa shape index (κ1) is 14.9. The quantitative estimate of drug-likeness (QED) is 0.518. The van der Waals surface area contributed by atoms with Gasteiger partial charge >= 0.3 is 0 Å². The van der Waals surface area contributed by atoms with Crippen LogP contribution in [0.5, 0.6) is 5.75 Å². The van der Waals surface area contributed by atoms with Crippen molar-refractivity contribution in [3.05, 3.63) is 65.2 Å². The molecule has 21 heavy (non-hydrogen) atoms.